The second kappa shape index (κ2) is 6.88. The maximum atomic E-state index is 4.55. The second-order valence-corrected chi connectivity index (χ2v) is 7.85. The summed E-state index contributed by atoms with van der Waals surface area (Å²) in [5.41, 5.74) is 7.31. The van der Waals surface area contributed by atoms with E-state index in [2.05, 4.69) is 98.7 Å². The van der Waals surface area contributed by atoms with Gasteiger partial charge in [0.15, 0.2) is 0 Å². The zero-order chi connectivity index (χ0) is 18.9. The van der Waals surface area contributed by atoms with Crippen molar-refractivity contribution in [1.82, 2.24) is 9.78 Å². The van der Waals surface area contributed by atoms with Crippen LogP contribution in [0.15, 0.2) is 91.3 Å². The second-order valence-electron chi connectivity index (χ2n) is 7.85. The van der Waals surface area contributed by atoms with Crippen molar-refractivity contribution < 1.29 is 0 Å². The summed E-state index contributed by atoms with van der Waals surface area (Å²) in [6.45, 7) is 6.80. The molecular weight excluding hydrogens is 328 g/mol. The van der Waals surface area contributed by atoms with Gasteiger partial charge < -0.3 is 0 Å². The first-order chi connectivity index (χ1) is 13.0. The minimum Gasteiger partial charge on any atom is -0.241 e. The first-order valence-corrected chi connectivity index (χ1v) is 9.33. The molecular formula is C25H24N2. The van der Waals surface area contributed by atoms with E-state index in [4.69, 9.17) is 0 Å². The highest BCUT2D eigenvalue weighted by molar-refractivity contribution is 5.80. The lowest BCUT2D eigenvalue weighted by molar-refractivity contribution is 0.585. The van der Waals surface area contributed by atoms with Gasteiger partial charge in [0.2, 0.25) is 0 Å². The maximum absolute atomic E-state index is 4.55. The highest BCUT2D eigenvalue weighted by Crippen LogP contribution is 2.40. The van der Waals surface area contributed by atoms with Crippen molar-refractivity contribution >= 4 is 0 Å². The first-order valence-electron chi connectivity index (χ1n) is 9.33. The van der Waals surface area contributed by atoms with Crippen LogP contribution in [0.4, 0.5) is 0 Å². The topological polar surface area (TPSA) is 17.8 Å². The molecule has 0 N–H and O–H groups in total. The average molecular weight is 352 g/mol. The van der Waals surface area contributed by atoms with Gasteiger partial charge >= 0.3 is 0 Å². The standard InChI is InChI=1S/C25H24N2/c1-25(2,3)24-22(20-13-8-5-9-14-20)17-21(19-11-6-4-7-12-19)18-23(24)27-16-10-15-26-27/h4-18H,1-3H3. The first kappa shape index (κ1) is 17.3. The third-order valence-electron chi connectivity index (χ3n) is 4.81. The molecule has 0 saturated heterocycles. The summed E-state index contributed by atoms with van der Waals surface area (Å²) in [6, 6.07) is 27.7. The summed E-state index contributed by atoms with van der Waals surface area (Å²) >= 11 is 0. The molecule has 1 aromatic heterocycles. The molecule has 0 amide bonds. The molecule has 0 saturated carbocycles. The summed E-state index contributed by atoms with van der Waals surface area (Å²) in [4.78, 5) is 0. The lowest BCUT2D eigenvalue weighted by Gasteiger charge is -2.27. The molecule has 4 rings (SSSR count). The highest BCUT2D eigenvalue weighted by atomic mass is 15.3. The molecule has 1 heterocycles. The van der Waals surface area contributed by atoms with Crippen LogP contribution in [0.1, 0.15) is 26.3 Å². The van der Waals surface area contributed by atoms with Crippen molar-refractivity contribution in [3.63, 3.8) is 0 Å². The van der Waals surface area contributed by atoms with Gasteiger partial charge in [0.1, 0.15) is 0 Å². The molecule has 134 valence electrons. The maximum Gasteiger partial charge on any atom is 0.0695 e. The van der Waals surface area contributed by atoms with Crippen LogP contribution in [0.2, 0.25) is 0 Å². The van der Waals surface area contributed by atoms with Crippen LogP contribution < -0.4 is 0 Å². The van der Waals surface area contributed by atoms with E-state index >= 15 is 0 Å². The summed E-state index contributed by atoms with van der Waals surface area (Å²) < 4.78 is 1.99. The average Bonchev–Trinajstić information content (AvgIpc) is 3.22. The van der Waals surface area contributed by atoms with Crippen molar-refractivity contribution in [2.24, 2.45) is 0 Å². The Bertz CT molecular complexity index is 1030. The van der Waals surface area contributed by atoms with Gasteiger partial charge in [-0.15, -0.1) is 0 Å². The Hall–Kier alpha value is -3.13. The van der Waals surface area contributed by atoms with Gasteiger partial charge in [-0.2, -0.15) is 5.10 Å². The zero-order valence-electron chi connectivity index (χ0n) is 16.1. The SMILES string of the molecule is CC(C)(C)c1c(-c2ccccc2)cc(-c2ccccc2)cc1-n1cccn1. The minimum absolute atomic E-state index is 0.0261. The number of hydrogen-bond donors (Lipinski definition) is 0. The van der Waals surface area contributed by atoms with Gasteiger partial charge in [-0.25, -0.2) is 4.68 Å². The van der Waals surface area contributed by atoms with Crippen molar-refractivity contribution in [1.29, 1.82) is 0 Å². The predicted octanol–water partition coefficient (Wildman–Crippen LogP) is 6.50. The van der Waals surface area contributed by atoms with Crippen molar-refractivity contribution in [2.45, 2.75) is 26.2 Å². The fourth-order valence-corrected chi connectivity index (χ4v) is 3.65. The molecule has 0 aliphatic heterocycles. The molecule has 0 aliphatic rings. The summed E-state index contributed by atoms with van der Waals surface area (Å²) in [5.74, 6) is 0. The van der Waals surface area contributed by atoms with Crippen LogP contribution in [-0.2, 0) is 5.41 Å². The lowest BCUT2D eigenvalue weighted by Crippen LogP contribution is -2.17. The van der Waals surface area contributed by atoms with Crippen LogP contribution in [0.25, 0.3) is 27.9 Å². The van der Waals surface area contributed by atoms with Crippen molar-refractivity contribution in [2.75, 3.05) is 0 Å². The molecule has 0 bridgehead atoms. The third kappa shape index (κ3) is 3.43. The van der Waals surface area contributed by atoms with Crippen LogP contribution in [0, 0.1) is 0 Å². The van der Waals surface area contributed by atoms with E-state index in [9.17, 15) is 0 Å². The number of nitrogens with zero attached hydrogens (tertiary/aromatic N) is 2. The fraction of sp³-hybridized carbons (Fsp3) is 0.160. The summed E-state index contributed by atoms with van der Waals surface area (Å²) in [6.07, 6.45) is 3.86. The fourth-order valence-electron chi connectivity index (χ4n) is 3.65. The molecule has 27 heavy (non-hydrogen) atoms. The van der Waals surface area contributed by atoms with E-state index in [0.717, 1.165) is 5.69 Å². The lowest BCUT2D eigenvalue weighted by atomic mass is 9.79. The quantitative estimate of drug-likeness (QED) is 0.411. The van der Waals surface area contributed by atoms with Crippen molar-refractivity contribution in [3.05, 3.63) is 96.8 Å². The van der Waals surface area contributed by atoms with Crippen LogP contribution >= 0.6 is 0 Å². The molecule has 0 unspecified atom stereocenters. The molecule has 0 radical (unpaired) electrons. The van der Waals surface area contributed by atoms with Gasteiger partial charge in [0, 0.05) is 12.4 Å². The minimum atomic E-state index is -0.0261. The molecule has 0 spiro atoms. The number of hydrogen-bond acceptors (Lipinski definition) is 1. The number of aromatic nitrogens is 2. The smallest absolute Gasteiger partial charge is 0.0695 e. The normalized spacial score (nSPS) is 11.5. The van der Waals surface area contributed by atoms with E-state index < -0.39 is 0 Å². The van der Waals surface area contributed by atoms with E-state index in [-0.39, 0.29) is 5.41 Å². The Morgan fingerprint density at radius 2 is 1.33 bits per heavy atom. The molecule has 0 fully saturated rings. The predicted molar refractivity (Wildman–Crippen MR) is 113 cm³/mol. The molecule has 0 atom stereocenters. The Balaban J connectivity index is 2.08. The molecule has 2 heteroatoms. The zero-order valence-corrected chi connectivity index (χ0v) is 16.1. The molecule has 4 aromatic rings. The van der Waals surface area contributed by atoms with Crippen LogP contribution in [-0.4, -0.2) is 9.78 Å². The molecule has 3 aromatic carbocycles. The largest absolute Gasteiger partial charge is 0.241 e. The number of benzene rings is 3. The van der Waals surface area contributed by atoms with E-state index in [1.54, 1.807) is 0 Å². The van der Waals surface area contributed by atoms with E-state index in [1.807, 2.05) is 23.1 Å². The van der Waals surface area contributed by atoms with Gasteiger partial charge in [0.25, 0.3) is 0 Å². The third-order valence-corrected chi connectivity index (χ3v) is 4.81. The van der Waals surface area contributed by atoms with E-state index in [1.165, 1.54) is 27.8 Å². The highest BCUT2D eigenvalue weighted by Gasteiger charge is 2.25. The van der Waals surface area contributed by atoms with Gasteiger partial charge in [0.05, 0.1) is 5.69 Å². The van der Waals surface area contributed by atoms with Gasteiger partial charge in [-0.3, -0.25) is 0 Å². The molecule has 0 aliphatic carbocycles. The summed E-state index contributed by atoms with van der Waals surface area (Å²) in [7, 11) is 0. The Morgan fingerprint density at radius 3 is 1.89 bits per heavy atom. The van der Waals surface area contributed by atoms with Crippen LogP contribution in [0.5, 0.6) is 0 Å². The molecule has 2 nitrogen and oxygen atoms in total. The summed E-state index contributed by atoms with van der Waals surface area (Å²) in [5, 5.41) is 4.55. The van der Waals surface area contributed by atoms with E-state index in [0.29, 0.717) is 0 Å². The Labute approximate surface area is 161 Å². The monoisotopic (exact) mass is 352 g/mol. The van der Waals surface area contributed by atoms with Gasteiger partial charge in [-0.1, -0.05) is 81.4 Å². The van der Waals surface area contributed by atoms with Crippen LogP contribution in [0.3, 0.4) is 0 Å². The van der Waals surface area contributed by atoms with Crippen molar-refractivity contribution in [3.8, 4) is 27.9 Å². The number of rotatable bonds is 3. The Kier molecular flexibility index (Phi) is 4.41. The Morgan fingerprint density at radius 1 is 0.704 bits per heavy atom. The van der Waals surface area contributed by atoms with Gasteiger partial charge in [-0.05, 0) is 51.4 Å².